The number of carbonyl (C=O) groups excluding carboxylic acids is 1. The Balaban J connectivity index is 1.93. The molecule has 2 nitrogen and oxygen atoms in total. The monoisotopic (exact) mass is 369 g/mol. The lowest BCUT2D eigenvalue weighted by atomic mass is 9.94. The van der Waals surface area contributed by atoms with Gasteiger partial charge in [-0.2, -0.15) is 0 Å². The molecule has 2 aromatic carbocycles. The molecule has 3 heteroatoms. The Hall–Kier alpha value is -1.87. The fourth-order valence-electron chi connectivity index (χ4n) is 2.93. The highest BCUT2D eigenvalue weighted by Gasteiger charge is 2.24. The van der Waals surface area contributed by atoms with Crippen LogP contribution in [0.2, 0.25) is 0 Å². The van der Waals surface area contributed by atoms with E-state index >= 15 is 0 Å². The summed E-state index contributed by atoms with van der Waals surface area (Å²) in [6, 6.07) is 18.6. The molecule has 0 heterocycles. The molecule has 0 saturated heterocycles. The van der Waals surface area contributed by atoms with E-state index in [0.29, 0.717) is 6.54 Å². The van der Waals surface area contributed by atoms with Crippen LogP contribution in [0.25, 0.3) is 6.08 Å². The van der Waals surface area contributed by atoms with Crippen LogP contribution in [0.15, 0.2) is 60.3 Å². The van der Waals surface area contributed by atoms with E-state index in [1.165, 1.54) is 11.1 Å². The molecule has 0 spiro atoms. The summed E-state index contributed by atoms with van der Waals surface area (Å²) in [4.78, 5) is 14.4. The molecule has 118 valence electrons. The van der Waals surface area contributed by atoms with Crippen LogP contribution in [-0.2, 0) is 17.8 Å². The normalized spacial score (nSPS) is 14.6. The average molecular weight is 370 g/mol. The van der Waals surface area contributed by atoms with Gasteiger partial charge in [-0.1, -0.05) is 70.5 Å². The Kier molecular flexibility index (Phi) is 4.97. The summed E-state index contributed by atoms with van der Waals surface area (Å²) in [7, 11) is 0. The van der Waals surface area contributed by atoms with Crippen molar-refractivity contribution in [2.45, 2.75) is 31.1 Å². The lowest BCUT2D eigenvalue weighted by molar-refractivity contribution is -0.128. The third kappa shape index (κ3) is 3.73. The number of halogens is 1. The summed E-state index contributed by atoms with van der Waals surface area (Å²) in [6.45, 7) is 2.50. The first-order valence-electron chi connectivity index (χ1n) is 7.93. The van der Waals surface area contributed by atoms with E-state index < -0.39 is 0 Å². The molecule has 2 aromatic rings. The lowest BCUT2D eigenvalue weighted by Crippen LogP contribution is -2.35. The van der Waals surface area contributed by atoms with Gasteiger partial charge < -0.3 is 4.90 Å². The Morgan fingerprint density at radius 1 is 1.09 bits per heavy atom. The van der Waals surface area contributed by atoms with Gasteiger partial charge in [0.1, 0.15) is 0 Å². The topological polar surface area (TPSA) is 20.3 Å². The predicted octanol–water partition coefficient (Wildman–Crippen LogP) is 4.79. The van der Waals surface area contributed by atoms with Crippen molar-refractivity contribution < 1.29 is 4.79 Å². The van der Waals surface area contributed by atoms with Gasteiger partial charge in [-0.3, -0.25) is 4.79 Å². The summed E-state index contributed by atoms with van der Waals surface area (Å²) in [5, 5.41) is 0. The summed E-state index contributed by atoms with van der Waals surface area (Å²) < 4.78 is 0. The van der Waals surface area contributed by atoms with Crippen LogP contribution >= 0.6 is 15.9 Å². The van der Waals surface area contributed by atoms with Gasteiger partial charge in [0.25, 0.3) is 0 Å². The summed E-state index contributed by atoms with van der Waals surface area (Å²) in [6.07, 6.45) is 4.04. The van der Waals surface area contributed by atoms with Crippen molar-refractivity contribution in [2.75, 3.05) is 0 Å². The molecule has 3 rings (SSSR count). The van der Waals surface area contributed by atoms with E-state index in [0.717, 1.165) is 24.1 Å². The molecule has 0 fully saturated rings. The van der Waals surface area contributed by atoms with Crippen LogP contribution in [0.1, 0.15) is 30.0 Å². The Bertz CT molecular complexity index is 721. The second-order valence-corrected chi connectivity index (χ2v) is 7.23. The van der Waals surface area contributed by atoms with E-state index in [1.807, 2.05) is 30.0 Å². The smallest absolute Gasteiger partial charge is 0.240 e. The molecule has 1 atom stereocenters. The molecule has 0 saturated carbocycles. The first-order valence-corrected chi connectivity index (χ1v) is 8.84. The zero-order valence-corrected chi connectivity index (χ0v) is 14.8. The van der Waals surface area contributed by atoms with E-state index in [-0.39, 0.29) is 10.7 Å². The summed E-state index contributed by atoms with van der Waals surface area (Å²) >= 11 is 3.43. The second kappa shape index (κ2) is 7.14. The second-order valence-electron chi connectivity index (χ2n) is 5.86. The fourth-order valence-corrected chi connectivity index (χ4v) is 3.18. The molecule has 1 unspecified atom stereocenters. The molecule has 0 N–H and O–H groups in total. The van der Waals surface area contributed by atoms with Crippen LogP contribution in [0.5, 0.6) is 0 Å². The molecular weight excluding hydrogens is 350 g/mol. The SMILES string of the molecule is CC(Br)C(=O)N(Cc1ccccc1)C1=Cc2ccccc2CC1. The van der Waals surface area contributed by atoms with E-state index in [1.54, 1.807) is 0 Å². The summed E-state index contributed by atoms with van der Waals surface area (Å²) in [5.41, 5.74) is 4.83. The first-order chi connectivity index (χ1) is 11.1. The highest BCUT2D eigenvalue weighted by molar-refractivity contribution is 9.10. The van der Waals surface area contributed by atoms with Gasteiger partial charge in [0.2, 0.25) is 5.91 Å². The lowest BCUT2D eigenvalue weighted by Gasteiger charge is -2.29. The zero-order valence-electron chi connectivity index (χ0n) is 13.2. The minimum absolute atomic E-state index is 0.111. The molecule has 1 amide bonds. The predicted molar refractivity (Wildman–Crippen MR) is 98.1 cm³/mol. The van der Waals surface area contributed by atoms with Crippen molar-refractivity contribution in [3.63, 3.8) is 0 Å². The summed E-state index contributed by atoms with van der Waals surface area (Å²) in [5.74, 6) is 0.111. The number of benzene rings is 2. The number of alkyl halides is 1. The number of fused-ring (bicyclic) bond motifs is 1. The minimum atomic E-state index is -0.190. The largest absolute Gasteiger partial charge is 0.311 e. The third-order valence-electron chi connectivity index (χ3n) is 4.16. The maximum atomic E-state index is 12.7. The van der Waals surface area contributed by atoms with Gasteiger partial charge in [-0.25, -0.2) is 0 Å². The number of hydrogen-bond donors (Lipinski definition) is 0. The quantitative estimate of drug-likeness (QED) is 0.709. The Morgan fingerprint density at radius 2 is 1.78 bits per heavy atom. The standard InChI is InChI=1S/C20H20BrNO/c1-15(21)20(23)22(14-16-7-3-2-4-8-16)19-12-11-17-9-5-6-10-18(17)13-19/h2-10,13,15H,11-12,14H2,1H3. The number of carbonyl (C=O) groups is 1. The third-order valence-corrected chi connectivity index (χ3v) is 4.56. The van der Waals surface area contributed by atoms with Crippen LogP contribution in [0.3, 0.4) is 0 Å². The number of aryl methyl sites for hydroxylation is 1. The van der Waals surface area contributed by atoms with Crippen molar-refractivity contribution in [1.82, 2.24) is 4.90 Å². The molecule has 0 aliphatic heterocycles. The van der Waals surface area contributed by atoms with Crippen molar-refractivity contribution in [2.24, 2.45) is 0 Å². The van der Waals surface area contributed by atoms with Gasteiger partial charge in [-0.05, 0) is 42.5 Å². The number of nitrogens with zero attached hydrogens (tertiary/aromatic N) is 1. The van der Waals surface area contributed by atoms with Gasteiger partial charge in [-0.15, -0.1) is 0 Å². The van der Waals surface area contributed by atoms with Crippen molar-refractivity contribution >= 4 is 27.9 Å². The fraction of sp³-hybridized carbons (Fsp3) is 0.250. The first kappa shape index (κ1) is 16.0. The minimum Gasteiger partial charge on any atom is -0.311 e. The highest BCUT2D eigenvalue weighted by Crippen LogP contribution is 2.28. The maximum absolute atomic E-state index is 12.7. The van der Waals surface area contributed by atoms with E-state index in [4.69, 9.17) is 0 Å². The Labute approximate surface area is 146 Å². The van der Waals surface area contributed by atoms with E-state index in [9.17, 15) is 4.79 Å². The van der Waals surface area contributed by atoms with Crippen molar-refractivity contribution in [3.8, 4) is 0 Å². The maximum Gasteiger partial charge on any atom is 0.240 e. The molecule has 0 bridgehead atoms. The van der Waals surface area contributed by atoms with Crippen LogP contribution in [0, 0.1) is 0 Å². The number of allylic oxidation sites excluding steroid dienone is 1. The van der Waals surface area contributed by atoms with Crippen LogP contribution in [0.4, 0.5) is 0 Å². The van der Waals surface area contributed by atoms with Crippen LogP contribution < -0.4 is 0 Å². The Morgan fingerprint density at radius 3 is 2.52 bits per heavy atom. The molecule has 23 heavy (non-hydrogen) atoms. The average Bonchev–Trinajstić information content (AvgIpc) is 2.59. The number of hydrogen-bond acceptors (Lipinski definition) is 1. The number of amides is 1. The van der Waals surface area contributed by atoms with Gasteiger partial charge >= 0.3 is 0 Å². The van der Waals surface area contributed by atoms with Crippen molar-refractivity contribution in [3.05, 3.63) is 77.0 Å². The van der Waals surface area contributed by atoms with Crippen molar-refractivity contribution in [1.29, 1.82) is 0 Å². The van der Waals surface area contributed by atoms with Gasteiger partial charge in [0.05, 0.1) is 11.4 Å². The molecule has 1 aliphatic carbocycles. The molecule has 0 radical (unpaired) electrons. The van der Waals surface area contributed by atoms with E-state index in [2.05, 4.69) is 58.4 Å². The molecular formula is C20H20BrNO. The number of rotatable bonds is 4. The zero-order chi connectivity index (χ0) is 16.2. The van der Waals surface area contributed by atoms with Crippen LogP contribution in [-0.4, -0.2) is 15.6 Å². The van der Waals surface area contributed by atoms with Gasteiger partial charge in [0.15, 0.2) is 0 Å². The molecule has 1 aliphatic rings. The van der Waals surface area contributed by atoms with Gasteiger partial charge in [0, 0.05) is 5.70 Å². The highest BCUT2D eigenvalue weighted by atomic mass is 79.9. The molecule has 0 aromatic heterocycles.